The number of carbonyl (C=O) groups excluding carboxylic acids is 1. The zero-order valence-corrected chi connectivity index (χ0v) is 15.0. The van der Waals surface area contributed by atoms with E-state index in [-0.39, 0.29) is 0 Å². The molecule has 3 aliphatic rings. The molecule has 1 amide bonds. The van der Waals surface area contributed by atoms with Crippen molar-refractivity contribution in [2.24, 2.45) is 17.3 Å². The number of hydrogen-bond acceptors (Lipinski definition) is 2. The van der Waals surface area contributed by atoms with Crippen molar-refractivity contribution >= 4 is 5.91 Å². The van der Waals surface area contributed by atoms with Crippen LogP contribution in [-0.2, 0) is 4.79 Å². The highest BCUT2D eigenvalue weighted by molar-refractivity contribution is 5.80. The van der Waals surface area contributed by atoms with Crippen LogP contribution >= 0.6 is 0 Å². The molecule has 22 heavy (non-hydrogen) atoms. The second-order valence-electron chi connectivity index (χ2n) is 9.27. The number of piperidine rings is 2. The van der Waals surface area contributed by atoms with Gasteiger partial charge in [0, 0.05) is 24.5 Å². The fraction of sp³-hybridized carbons (Fsp3) is 0.947. The SMILES string of the molecule is CC1CCN(C(=O)C2CC3(CCN(C(C)(C)C)CC3)C2)CC1. The fourth-order valence-corrected chi connectivity index (χ4v) is 4.71. The van der Waals surface area contributed by atoms with Gasteiger partial charge in [0.1, 0.15) is 0 Å². The van der Waals surface area contributed by atoms with E-state index in [0.29, 0.717) is 22.8 Å². The molecule has 0 aromatic heterocycles. The van der Waals surface area contributed by atoms with E-state index in [4.69, 9.17) is 0 Å². The summed E-state index contributed by atoms with van der Waals surface area (Å²) >= 11 is 0. The van der Waals surface area contributed by atoms with E-state index >= 15 is 0 Å². The summed E-state index contributed by atoms with van der Waals surface area (Å²) in [5.41, 5.74) is 0.802. The lowest BCUT2D eigenvalue weighted by Gasteiger charge is -2.54. The normalized spacial score (nSPS) is 27.9. The first kappa shape index (κ1) is 16.3. The monoisotopic (exact) mass is 306 g/mol. The van der Waals surface area contributed by atoms with Crippen LogP contribution in [0.3, 0.4) is 0 Å². The molecule has 0 bridgehead atoms. The first-order valence-corrected chi connectivity index (χ1v) is 9.33. The molecule has 126 valence electrons. The predicted molar refractivity (Wildman–Crippen MR) is 90.7 cm³/mol. The number of amides is 1. The molecule has 2 saturated heterocycles. The van der Waals surface area contributed by atoms with Gasteiger partial charge in [-0.3, -0.25) is 9.69 Å². The first-order chi connectivity index (χ1) is 10.3. The second-order valence-corrected chi connectivity index (χ2v) is 9.27. The molecule has 1 saturated carbocycles. The second kappa shape index (κ2) is 5.81. The minimum Gasteiger partial charge on any atom is -0.342 e. The molecule has 3 fully saturated rings. The van der Waals surface area contributed by atoms with Gasteiger partial charge in [-0.1, -0.05) is 6.92 Å². The van der Waals surface area contributed by atoms with Crippen molar-refractivity contribution in [2.45, 2.75) is 71.8 Å². The van der Waals surface area contributed by atoms with Gasteiger partial charge >= 0.3 is 0 Å². The van der Waals surface area contributed by atoms with E-state index in [1.807, 2.05) is 0 Å². The minimum atomic E-state index is 0.297. The topological polar surface area (TPSA) is 23.6 Å². The van der Waals surface area contributed by atoms with Gasteiger partial charge < -0.3 is 4.90 Å². The van der Waals surface area contributed by atoms with Crippen molar-refractivity contribution in [3.8, 4) is 0 Å². The Morgan fingerprint density at radius 1 is 1.00 bits per heavy atom. The molecule has 0 radical (unpaired) electrons. The van der Waals surface area contributed by atoms with Crippen LogP contribution in [0.2, 0.25) is 0 Å². The molecule has 0 unspecified atom stereocenters. The van der Waals surface area contributed by atoms with Crippen molar-refractivity contribution < 1.29 is 4.79 Å². The summed E-state index contributed by atoms with van der Waals surface area (Å²) in [5.74, 6) is 1.61. The van der Waals surface area contributed by atoms with E-state index in [1.54, 1.807) is 0 Å². The Morgan fingerprint density at radius 2 is 1.55 bits per heavy atom. The van der Waals surface area contributed by atoms with Crippen LogP contribution in [0, 0.1) is 17.3 Å². The summed E-state index contributed by atoms with van der Waals surface area (Å²) in [4.78, 5) is 17.4. The standard InChI is InChI=1S/C19H34N2O/c1-15-5-9-20(10-6-15)17(22)16-13-19(14-16)7-11-21(12-8-19)18(2,3)4/h15-16H,5-14H2,1-4H3. The van der Waals surface area contributed by atoms with Gasteiger partial charge in [-0.05, 0) is 83.7 Å². The summed E-state index contributed by atoms with van der Waals surface area (Å²) in [7, 11) is 0. The minimum absolute atomic E-state index is 0.297. The largest absolute Gasteiger partial charge is 0.342 e. The molecule has 3 rings (SSSR count). The fourth-order valence-electron chi connectivity index (χ4n) is 4.71. The Balaban J connectivity index is 1.47. The Bertz CT molecular complexity index is 402. The van der Waals surface area contributed by atoms with E-state index < -0.39 is 0 Å². The molecule has 0 atom stereocenters. The van der Waals surface area contributed by atoms with Crippen LogP contribution < -0.4 is 0 Å². The summed E-state index contributed by atoms with van der Waals surface area (Å²) in [5, 5.41) is 0. The highest BCUT2D eigenvalue weighted by Crippen LogP contribution is 2.53. The summed E-state index contributed by atoms with van der Waals surface area (Å²) in [6.07, 6.45) is 7.32. The number of hydrogen-bond donors (Lipinski definition) is 0. The molecule has 3 heteroatoms. The van der Waals surface area contributed by atoms with Crippen LogP contribution in [-0.4, -0.2) is 47.4 Å². The Morgan fingerprint density at radius 3 is 2.05 bits per heavy atom. The third-order valence-electron chi connectivity index (χ3n) is 6.58. The van der Waals surface area contributed by atoms with Crippen molar-refractivity contribution in [3.63, 3.8) is 0 Å². The average molecular weight is 306 g/mol. The Kier molecular flexibility index (Phi) is 4.30. The van der Waals surface area contributed by atoms with Gasteiger partial charge in [0.15, 0.2) is 0 Å². The molecule has 0 aromatic carbocycles. The maximum atomic E-state index is 12.7. The molecule has 0 aromatic rings. The number of likely N-dealkylation sites (tertiary alicyclic amines) is 2. The number of rotatable bonds is 1. The number of carbonyl (C=O) groups is 1. The van der Waals surface area contributed by atoms with Crippen LogP contribution in [0.1, 0.15) is 66.2 Å². The molecular weight excluding hydrogens is 272 g/mol. The highest BCUT2D eigenvalue weighted by Gasteiger charge is 2.50. The van der Waals surface area contributed by atoms with Crippen LogP contribution in [0.4, 0.5) is 0 Å². The molecule has 2 heterocycles. The zero-order chi connectivity index (χ0) is 16.0. The van der Waals surface area contributed by atoms with Crippen molar-refractivity contribution in [2.75, 3.05) is 26.2 Å². The number of nitrogens with zero attached hydrogens (tertiary/aromatic N) is 2. The van der Waals surface area contributed by atoms with Crippen LogP contribution in [0.15, 0.2) is 0 Å². The lowest BCUT2D eigenvalue weighted by Crippen LogP contribution is -2.55. The van der Waals surface area contributed by atoms with E-state index in [1.165, 1.54) is 38.8 Å². The van der Waals surface area contributed by atoms with Gasteiger partial charge in [0.05, 0.1) is 0 Å². The van der Waals surface area contributed by atoms with Gasteiger partial charge in [-0.2, -0.15) is 0 Å². The Hall–Kier alpha value is -0.570. The zero-order valence-electron chi connectivity index (χ0n) is 15.0. The molecular formula is C19H34N2O. The first-order valence-electron chi connectivity index (χ1n) is 9.33. The van der Waals surface area contributed by atoms with Crippen LogP contribution in [0.5, 0.6) is 0 Å². The molecule has 2 aliphatic heterocycles. The van der Waals surface area contributed by atoms with E-state index in [9.17, 15) is 4.79 Å². The summed E-state index contributed by atoms with van der Waals surface area (Å²) in [6.45, 7) is 13.7. The Labute approximate surface area is 136 Å². The molecule has 1 aliphatic carbocycles. The smallest absolute Gasteiger partial charge is 0.225 e. The van der Waals surface area contributed by atoms with Gasteiger partial charge in [-0.15, -0.1) is 0 Å². The van der Waals surface area contributed by atoms with Crippen molar-refractivity contribution in [1.29, 1.82) is 0 Å². The quantitative estimate of drug-likeness (QED) is 0.740. The summed E-state index contributed by atoms with van der Waals surface area (Å²) in [6, 6.07) is 0. The third-order valence-corrected chi connectivity index (χ3v) is 6.58. The molecule has 0 N–H and O–H groups in total. The predicted octanol–water partition coefficient (Wildman–Crippen LogP) is 3.54. The van der Waals surface area contributed by atoms with Gasteiger partial charge in [-0.25, -0.2) is 0 Å². The lowest BCUT2D eigenvalue weighted by molar-refractivity contribution is -0.148. The van der Waals surface area contributed by atoms with Crippen molar-refractivity contribution in [3.05, 3.63) is 0 Å². The molecule has 1 spiro atoms. The van der Waals surface area contributed by atoms with Crippen molar-refractivity contribution in [1.82, 2.24) is 9.80 Å². The maximum Gasteiger partial charge on any atom is 0.225 e. The highest BCUT2D eigenvalue weighted by atomic mass is 16.2. The summed E-state index contributed by atoms with van der Waals surface area (Å²) < 4.78 is 0. The average Bonchev–Trinajstić information content (AvgIpc) is 2.44. The van der Waals surface area contributed by atoms with E-state index in [0.717, 1.165) is 31.8 Å². The van der Waals surface area contributed by atoms with Gasteiger partial charge in [0.25, 0.3) is 0 Å². The maximum absolute atomic E-state index is 12.7. The van der Waals surface area contributed by atoms with Gasteiger partial charge in [0.2, 0.25) is 5.91 Å². The van der Waals surface area contributed by atoms with E-state index in [2.05, 4.69) is 37.5 Å². The molecule has 3 nitrogen and oxygen atoms in total. The third kappa shape index (κ3) is 3.20. The van der Waals surface area contributed by atoms with Crippen LogP contribution in [0.25, 0.3) is 0 Å². The lowest BCUT2D eigenvalue weighted by atomic mass is 9.57.